The first-order chi connectivity index (χ1) is 20.0. The number of aryl methyl sites for hydroxylation is 1. The van der Waals surface area contributed by atoms with Crippen molar-refractivity contribution in [1.29, 1.82) is 0 Å². The van der Waals surface area contributed by atoms with Crippen LogP contribution >= 0.6 is 11.3 Å². The minimum Gasteiger partial charge on any atom is -0.380 e. The second kappa shape index (κ2) is 11.0. The van der Waals surface area contributed by atoms with Gasteiger partial charge in [0.25, 0.3) is 5.91 Å². The van der Waals surface area contributed by atoms with Gasteiger partial charge in [-0.15, -0.1) is 11.3 Å². The van der Waals surface area contributed by atoms with Crippen LogP contribution in [0.25, 0.3) is 20.8 Å². The molecule has 4 aromatic rings. The molecule has 2 atom stereocenters. The van der Waals surface area contributed by atoms with Gasteiger partial charge < -0.3 is 19.9 Å². The van der Waals surface area contributed by atoms with Crippen molar-refractivity contribution in [3.63, 3.8) is 0 Å². The molecule has 3 aliphatic heterocycles. The Morgan fingerprint density at radius 2 is 2.00 bits per heavy atom. The van der Waals surface area contributed by atoms with Gasteiger partial charge in [-0.3, -0.25) is 9.69 Å². The predicted molar refractivity (Wildman–Crippen MR) is 161 cm³/mol. The molecule has 2 bridgehead atoms. The van der Waals surface area contributed by atoms with Gasteiger partial charge in [-0.2, -0.15) is 4.98 Å². The minimum atomic E-state index is 0.0376. The van der Waals surface area contributed by atoms with Crippen molar-refractivity contribution in [2.75, 3.05) is 56.2 Å². The van der Waals surface area contributed by atoms with E-state index in [4.69, 9.17) is 19.7 Å². The minimum absolute atomic E-state index is 0.0376. The molecule has 212 valence electrons. The number of anilines is 3. The number of rotatable bonds is 6. The van der Waals surface area contributed by atoms with Crippen molar-refractivity contribution in [1.82, 2.24) is 29.7 Å². The molecule has 1 amide bonds. The number of amides is 1. The fourth-order valence-electron chi connectivity index (χ4n) is 6.20. The molecule has 0 unspecified atom stereocenters. The summed E-state index contributed by atoms with van der Waals surface area (Å²) in [4.78, 5) is 39.1. The lowest BCUT2D eigenvalue weighted by Crippen LogP contribution is -2.46. The third-order valence-electron chi connectivity index (χ3n) is 8.26. The first kappa shape index (κ1) is 26.2. The van der Waals surface area contributed by atoms with E-state index in [1.54, 1.807) is 11.3 Å². The van der Waals surface area contributed by atoms with Gasteiger partial charge >= 0.3 is 0 Å². The first-order valence-electron chi connectivity index (χ1n) is 14.4. The number of fused-ring (bicyclic) bond motifs is 3. The lowest BCUT2D eigenvalue weighted by Gasteiger charge is -2.33. The SMILES string of the molecule is CCN1C[C@@H]2C[C@H]1CN2c1nc(C)cc(Nc2cc3nc(-c4cccc(C(=O)N5CCCOCC5)c4)sc3cn2)n1. The molecule has 3 aliphatic rings. The summed E-state index contributed by atoms with van der Waals surface area (Å²) in [7, 11) is 0. The smallest absolute Gasteiger partial charge is 0.253 e. The number of nitrogens with one attached hydrogen (secondary N) is 1. The topological polar surface area (TPSA) is 99.6 Å². The van der Waals surface area contributed by atoms with Crippen molar-refractivity contribution in [2.45, 2.75) is 38.8 Å². The van der Waals surface area contributed by atoms with Crippen molar-refractivity contribution >= 4 is 45.0 Å². The van der Waals surface area contributed by atoms with Gasteiger partial charge in [-0.1, -0.05) is 19.1 Å². The van der Waals surface area contributed by atoms with Crippen LogP contribution in [-0.2, 0) is 4.74 Å². The lowest BCUT2D eigenvalue weighted by atomic mass is 10.1. The number of carbonyl (C=O) groups excluding carboxylic acids is 1. The Kier molecular flexibility index (Phi) is 7.01. The highest BCUT2D eigenvalue weighted by molar-refractivity contribution is 7.21. The number of hydrogen-bond donors (Lipinski definition) is 1. The Hall–Kier alpha value is -3.67. The molecule has 41 heavy (non-hydrogen) atoms. The van der Waals surface area contributed by atoms with E-state index < -0.39 is 0 Å². The van der Waals surface area contributed by atoms with Gasteiger partial charge in [0, 0.05) is 80.0 Å². The molecule has 0 saturated carbocycles. The average Bonchev–Trinajstić information content (AvgIpc) is 3.65. The van der Waals surface area contributed by atoms with Gasteiger partial charge in [-0.25, -0.2) is 15.0 Å². The largest absolute Gasteiger partial charge is 0.380 e. The number of benzene rings is 1. The molecule has 1 aromatic carbocycles. The molecular formula is C30H34N8O2S. The number of aromatic nitrogens is 4. The Morgan fingerprint density at radius 3 is 2.85 bits per heavy atom. The number of likely N-dealkylation sites (N-methyl/N-ethyl adjacent to an activating group) is 1. The number of likely N-dealkylation sites (tertiary alicyclic amines) is 1. The highest BCUT2D eigenvalue weighted by Crippen LogP contribution is 2.34. The molecule has 0 radical (unpaired) electrons. The third kappa shape index (κ3) is 5.25. The molecule has 6 heterocycles. The van der Waals surface area contributed by atoms with Crippen LogP contribution in [0.5, 0.6) is 0 Å². The number of hydrogen-bond acceptors (Lipinski definition) is 10. The maximum absolute atomic E-state index is 13.1. The van der Waals surface area contributed by atoms with Crippen molar-refractivity contribution in [2.24, 2.45) is 0 Å². The standard InChI is InChI=1S/C30H34N8O2S/c1-3-36-17-23-14-22(36)18-38(23)30-32-19(2)12-27(35-30)34-26-15-24-25(16-31-26)41-28(33-24)20-6-4-7-21(13-20)29(39)37-8-5-10-40-11-9-37/h4,6-7,12-13,15-16,22-23H,3,5,8-11,14,17-18H2,1-2H3,(H,31,32,34,35)/t22-,23-/m0/s1. The van der Waals surface area contributed by atoms with E-state index >= 15 is 0 Å². The van der Waals surface area contributed by atoms with Gasteiger partial charge in [0.1, 0.15) is 16.6 Å². The van der Waals surface area contributed by atoms with E-state index in [2.05, 4.69) is 27.0 Å². The number of piperazine rings is 1. The molecule has 7 rings (SSSR count). The number of ether oxygens (including phenoxy) is 1. The van der Waals surface area contributed by atoms with E-state index in [0.717, 1.165) is 70.8 Å². The molecule has 0 aliphatic carbocycles. The molecule has 11 heteroatoms. The molecule has 1 N–H and O–H groups in total. The Bertz CT molecular complexity index is 1580. The number of nitrogens with zero attached hydrogens (tertiary/aromatic N) is 7. The second-order valence-electron chi connectivity index (χ2n) is 11.0. The fourth-order valence-corrected chi connectivity index (χ4v) is 7.11. The third-order valence-corrected chi connectivity index (χ3v) is 9.31. The Morgan fingerprint density at radius 1 is 1.07 bits per heavy atom. The normalized spacial score (nSPS) is 21.0. The average molecular weight is 571 g/mol. The van der Waals surface area contributed by atoms with Crippen LogP contribution in [0.15, 0.2) is 42.6 Å². The summed E-state index contributed by atoms with van der Waals surface area (Å²) in [6.45, 7) is 10.0. The quantitative estimate of drug-likeness (QED) is 0.363. The predicted octanol–water partition coefficient (Wildman–Crippen LogP) is 4.35. The van der Waals surface area contributed by atoms with E-state index in [1.807, 2.05) is 54.4 Å². The van der Waals surface area contributed by atoms with Crippen LogP contribution in [0, 0.1) is 6.92 Å². The Balaban J connectivity index is 1.10. The van der Waals surface area contributed by atoms with E-state index in [9.17, 15) is 4.79 Å². The summed E-state index contributed by atoms with van der Waals surface area (Å²) in [5, 5.41) is 4.24. The van der Waals surface area contributed by atoms with Gasteiger partial charge in [0.2, 0.25) is 5.95 Å². The fraction of sp³-hybridized carbons (Fsp3) is 0.433. The van der Waals surface area contributed by atoms with Gasteiger partial charge in [-0.05, 0) is 38.4 Å². The molecule has 3 fully saturated rings. The van der Waals surface area contributed by atoms with Crippen LogP contribution in [0.3, 0.4) is 0 Å². The van der Waals surface area contributed by atoms with Crippen LogP contribution in [-0.4, -0.2) is 93.7 Å². The summed E-state index contributed by atoms with van der Waals surface area (Å²) in [6, 6.07) is 12.7. The van der Waals surface area contributed by atoms with Crippen molar-refractivity contribution in [3.05, 3.63) is 53.9 Å². The highest BCUT2D eigenvalue weighted by Gasteiger charge is 2.43. The van der Waals surface area contributed by atoms with E-state index in [0.29, 0.717) is 43.2 Å². The zero-order chi connectivity index (χ0) is 27.9. The van der Waals surface area contributed by atoms with Gasteiger partial charge in [0.15, 0.2) is 0 Å². The maximum Gasteiger partial charge on any atom is 0.253 e. The van der Waals surface area contributed by atoms with Crippen LogP contribution in [0.2, 0.25) is 0 Å². The van der Waals surface area contributed by atoms with Crippen LogP contribution in [0.1, 0.15) is 35.8 Å². The monoisotopic (exact) mass is 570 g/mol. The lowest BCUT2D eigenvalue weighted by molar-refractivity contribution is 0.0741. The zero-order valence-electron chi connectivity index (χ0n) is 23.4. The van der Waals surface area contributed by atoms with Crippen molar-refractivity contribution < 1.29 is 9.53 Å². The van der Waals surface area contributed by atoms with Crippen LogP contribution < -0.4 is 10.2 Å². The molecule has 3 aromatic heterocycles. The van der Waals surface area contributed by atoms with Gasteiger partial charge in [0.05, 0.1) is 16.8 Å². The summed E-state index contributed by atoms with van der Waals surface area (Å²) < 4.78 is 6.50. The molecule has 3 saturated heterocycles. The number of pyridine rings is 1. The zero-order valence-corrected chi connectivity index (χ0v) is 24.2. The first-order valence-corrected chi connectivity index (χ1v) is 15.2. The summed E-state index contributed by atoms with van der Waals surface area (Å²) in [5.41, 5.74) is 3.38. The number of thiazole rings is 1. The second-order valence-corrected chi connectivity index (χ2v) is 12.0. The summed E-state index contributed by atoms with van der Waals surface area (Å²) >= 11 is 1.57. The van der Waals surface area contributed by atoms with Crippen LogP contribution in [0.4, 0.5) is 17.6 Å². The molecule has 0 spiro atoms. The van der Waals surface area contributed by atoms with E-state index in [-0.39, 0.29) is 5.91 Å². The van der Waals surface area contributed by atoms with E-state index in [1.165, 1.54) is 6.42 Å². The van der Waals surface area contributed by atoms with Crippen molar-refractivity contribution in [3.8, 4) is 10.6 Å². The maximum atomic E-state index is 13.1. The molecular weight excluding hydrogens is 536 g/mol. The Labute approximate surface area is 243 Å². The summed E-state index contributed by atoms with van der Waals surface area (Å²) in [5.74, 6) is 2.24. The highest BCUT2D eigenvalue weighted by atomic mass is 32.1. The number of carbonyl (C=O) groups is 1. The molecule has 10 nitrogen and oxygen atoms in total. The summed E-state index contributed by atoms with van der Waals surface area (Å²) in [6.07, 6.45) is 3.89.